The quantitative estimate of drug-likeness (QED) is 0.896. The summed E-state index contributed by atoms with van der Waals surface area (Å²) in [6.07, 6.45) is 1.46. The number of ether oxygens (including phenoxy) is 1. The number of rotatable bonds is 3. The van der Waals surface area contributed by atoms with Gasteiger partial charge in [-0.05, 0) is 44.5 Å². The molecule has 1 aromatic carbocycles. The van der Waals surface area contributed by atoms with E-state index in [4.69, 9.17) is 4.74 Å². The van der Waals surface area contributed by atoms with Crippen LogP contribution in [-0.4, -0.2) is 19.2 Å². The van der Waals surface area contributed by atoms with Crippen LogP contribution in [0.1, 0.15) is 32.8 Å². The summed E-state index contributed by atoms with van der Waals surface area (Å²) in [5.41, 5.74) is 1.71. The molecule has 3 heteroatoms. The minimum absolute atomic E-state index is 0. The molecule has 0 saturated carbocycles. The SMILES string of the molecule is CC(C)Oc1ccc(C2(C)CCNC2)cc1.Cl. The topological polar surface area (TPSA) is 21.3 Å². The Kier molecular flexibility index (Phi) is 4.84. The standard InChI is InChI=1S/C14H21NO.ClH/c1-11(2)16-13-6-4-12(5-7-13)14(3)8-9-15-10-14;/h4-7,11,15H,8-10H2,1-3H3;1H. The van der Waals surface area contributed by atoms with Crippen LogP contribution in [0.25, 0.3) is 0 Å². The Morgan fingerprint density at radius 2 is 1.88 bits per heavy atom. The van der Waals surface area contributed by atoms with Gasteiger partial charge in [0.2, 0.25) is 0 Å². The molecule has 1 N–H and O–H groups in total. The second-order valence-corrected chi connectivity index (χ2v) is 5.18. The molecule has 2 rings (SSSR count). The molecule has 17 heavy (non-hydrogen) atoms. The lowest BCUT2D eigenvalue weighted by atomic mass is 9.82. The van der Waals surface area contributed by atoms with E-state index >= 15 is 0 Å². The summed E-state index contributed by atoms with van der Waals surface area (Å²) in [4.78, 5) is 0. The van der Waals surface area contributed by atoms with Crippen LogP contribution in [0.3, 0.4) is 0 Å². The summed E-state index contributed by atoms with van der Waals surface area (Å²) in [6.45, 7) is 8.63. The van der Waals surface area contributed by atoms with E-state index in [0.717, 1.165) is 18.8 Å². The van der Waals surface area contributed by atoms with Gasteiger partial charge in [-0.25, -0.2) is 0 Å². The molecule has 1 fully saturated rings. The van der Waals surface area contributed by atoms with E-state index in [-0.39, 0.29) is 18.5 Å². The van der Waals surface area contributed by atoms with Crippen LogP contribution >= 0.6 is 12.4 Å². The highest BCUT2D eigenvalue weighted by molar-refractivity contribution is 5.85. The summed E-state index contributed by atoms with van der Waals surface area (Å²) in [5, 5.41) is 3.43. The number of hydrogen-bond acceptors (Lipinski definition) is 2. The Hall–Kier alpha value is -0.730. The average Bonchev–Trinajstić information content (AvgIpc) is 2.66. The molecule has 1 unspecified atom stereocenters. The second-order valence-electron chi connectivity index (χ2n) is 5.18. The van der Waals surface area contributed by atoms with Gasteiger partial charge < -0.3 is 10.1 Å². The van der Waals surface area contributed by atoms with Crippen LogP contribution in [0.5, 0.6) is 5.75 Å². The van der Waals surface area contributed by atoms with Gasteiger partial charge in [0.05, 0.1) is 6.10 Å². The van der Waals surface area contributed by atoms with Crippen molar-refractivity contribution in [3.63, 3.8) is 0 Å². The van der Waals surface area contributed by atoms with E-state index in [1.165, 1.54) is 12.0 Å². The zero-order chi connectivity index (χ0) is 11.6. The maximum absolute atomic E-state index is 5.65. The average molecular weight is 256 g/mol. The maximum atomic E-state index is 5.65. The minimum atomic E-state index is 0. The van der Waals surface area contributed by atoms with Crippen molar-refractivity contribution < 1.29 is 4.74 Å². The predicted octanol–water partition coefficient (Wildman–Crippen LogP) is 3.15. The van der Waals surface area contributed by atoms with E-state index in [1.807, 2.05) is 0 Å². The number of benzene rings is 1. The molecule has 0 amide bonds. The summed E-state index contributed by atoms with van der Waals surface area (Å²) in [5.74, 6) is 0.966. The van der Waals surface area contributed by atoms with E-state index in [0.29, 0.717) is 5.41 Å². The number of nitrogens with one attached hydrogen (secondary N) is 1. The van der Waals surface area contributed by atoms with Crippen LogP contribution in [-0.2, 0) is 5.41 Å². The van der Waals surface area contributed by atoms with Crippen LogP contribution in [0.15, 0.2) is 24.3 Å². The van der Waals surface area contributed by atoms with Crippen LogP contribution in [0, 0.1) is 0 Å². The van der Waals surface area contributed by atoms with Crippen molar-refractivity contribution in [3.05, 3.63) is 29.8 Å². The normalized spacial score (nSPS) is 23.5. The van der Waals surface area contributed by atoms with Crippen molar-refractivity contribution in [1.29, 1.82) is 0 Å². The first-order valence-electron chi connectivity index (χ1n) is 6.08. The van der Waals surface area contributed by atoms with E-state index in [9.17, 15) is 0 Å². The molecular weight excluding hydrogens is 234 g/mol. The molecule has 1 aliphatic rings. The molecule has 1 aromatic rings. The van der Waals surface area contributed by atoms with Crippen molar-refractivity contribution in [2.24, 2.45) is 0 Å². The molecule has 0 spiro atoms. The zero-order valence-corrected chi connectivity index (χ0v) is 11.6. The number of hydrogen-bond donors (Lipinski definition) is 1. The van der Waals surface area contributed by atoms with E-state index < -0.39 is 0 Å². The first-order chi connectivity index (χ1) is 7.60. The molecule has 1 saturated heterocycles. The largest absolute Gasteiger partial charge is 0.491 e. The molecule has 1 heterocycles. The Morgan fingerprint density at radius 1 is 1.24 bits per heavy atom. The predicted molar refractivity (Wildman–Crippen MR) is 74.3 cm³/mol. The first-order valence-corrected chi connectivity index (χ1v) is 6.08. The fourth-order valence-corrected chi connectivity index (χ4v) is 2.27. The smallest absolute Gasteiger partial charge is 0.119 e. The van der Waals surface area contributed by atoms with Crippen molar-refractivity contribution in [2.75, 3.05) is 13.1 Å². The van der Waals surface area contributed by atoms with Crippen LogP contribution < -0.4 is 10.1 Å². The summed E-state index contributed by atoms with van der Waals surface area (Å²) in [6, 6.07) is 8.56. The Bertz CT molecular complexity index is 342. The molecule has 0 radical (unpaired) electrons. The van der Waals surface area contributed by atoms with Crippen molar-refractivity contribution in [3.8, 4) is 5.75 Å². The van der Waals surface area contributed by atoms with Gasteiger partial charge in [-0.3, -0.25) is 0 Å². The highest BCUT2D eigenvalue weighted by Crippen LogP contribution is 2.31. The molecule has 0 aromatic heterocycles. The van der Waals surface area contributed by atoms with Gasteiger partial charge in [-0.1, -0.05) is 19.1 Å². The van der Waals surface area contributed by atoms with Gasteiger partial charge >= 0.3 is 0 Å². The highest BCUT2D eigenvalue weighted by atomic mass is 35.5. The molecule has 0 bridgehead atoms. The Balaban J connectivity index is 0.00000144. The molecule has 0 aliphatic carbocycles. The van der Waals surface area contributed by atoms with Gasteiger partial charge in [-0.2, -0.15) is 0 Å². The molecule has 2 nitrogen and oxygen atoms in total. The van der Waals surface area contributed by atoms with E-state index in [2.05, 4.69) is 50.4 Å². The third-order valence-electron chi connectivity index (χ3n) is 3.29. The van der Waals surface area contributed by atoms with Crippen LogP contribution in [0.2, 0.25) is 0 Å². The van der Waals surface area contributed by atoms with Gasteiger partial charge in [0.25, 0.3) is 0 Å². The third-order valence-corrected chi connectivity index (χ3v) is 3.29. The van der Waals surface area contributed by atoms with Gasteiger partial charge in [0, 0.05) is 12.0 Å². The molecule has 96 valence electrons. The highest BCUT2D eigenvalue weighted by Gasteiger charge is 2.30. The number of halogens is 1. The van der Waals surface area contributed by atoms with Gasteiger partial charge in [-0.15, -0.1) is 12.4 Å². The third kappa shape index (κ3) is 3.36. The summed E-state index contributed by atoms with van der Waals surface area (Å²) in [7, 11) is 0. The fourth-order valence-electron chi connectivity index (χ4n) is 2.27. The van der Waals surface area contributed by atoms with Crippen molar-refractivity contribution in [2.45, 2.75) is 38.7 Å². The summed E-state index contributed by atoms with van der Waals surface area (Å²) >= 11 is 0. The second kappa shape index (κ2) is 5.74. The molecule has 1 aliphatic heterocycles. The zero-order valence-electron chi connectivity index (χ0n) is 10.8. The van der Waals surface area contributed by atoms with E-state index in [1.54, 1.807) is 0 Å². The van der Waals surface area contributed by atoms with Gasteiger partial charge in [0.15, 0.2) is 0 Å². The molecular formula is C14H22ClNO. The fraction of sp³-hybridized carbons (Fsp3) is 0.571. The lowest BCUT2D eigenvalue weighted by molar-refractivity contribution is 0.242. The van der Waals surface area contributed by atoms with Crippen LogP contribution in [0.4, 0.5) is 0 Å². The lowest BCUT2D eigenvalue weighted by Gasteiger charge is -2.23. The Morgan fingerprint density at radius 3 is 2.35 bits per heavy atom. The Labute approximate surface area is 110 Å². The monoisotopic (exact) mass is 255 g/mol. The first kappa shape index (κ1) is 14.3. The summed E-state index contributed by atoms with van der Waals surface area (Å²) < 4.78 is 5.65. The van der Waals surface area contributed by atoms with Crippen molar-refractivity contribution >= 4 is 12.4 Å². The van der Waals surface area contributed by atoms with Crippen molar-refractivity contribution in [1.82, 2.24) is 5.32 Å². The van der Waals surface area contributed by atoms with Gasteiger partial charge in [0.1, 0.15) is 5.75 Å². The lowest BCUT2D eigenvalue weighted by Crippen LogP contribution is -2.24. The minimum Gasteiger partial charge on any atom is -0.491 e. The maximum Gasteiger partial charge on any atom is 0.119 e. The molecule has 1 atom stereocenters.